The average molecular weight is 342 g/mol. The highest BCUT2D eigenvalue weighted by molar-refractivity contribution is 9.10. The standard InChI is InChI=1S/C12H10BrClN4O/c13-9-3-2-8(5-10(9)14)17-12(19)7-1-4-11(18-15)16-6-7/h1-6H,15H2,(H,16,18)(H,17,19). The molecule has 1 heterocycles. The molecule has 0 saturated carbocycles. The zero-order valence-electron chi connectivity index (χ0n) is 9.65. The molecule has 19 heavy (non-hydrogen) atoms. The van der Waals surface area contributed by atoms with Gasteiger partial charge in [0.1, 0.15) is 5.82 Å². The molecule has 7 heteroatoms. The molecule has 0 aliphatic carbocycles. The summed E-state index contributed by atoms with van der Waals surface area (Å²) < 4.78 is 0.771. The van der Waals surface area contributed by atoms with Gasteiger partial charge in [0.25, 0.3) is 5.91 Å². The van der Waals surface area contributed by atoms with Gasteiger partial charge in [-0.1, -0.05) is 11.6 Å². The Morgan fingerprint density at radius 1 is 1.32 bits per heavy atom. The fourth-order valence-corrected chi connectivity index (χ4v) is 1.82. The van der Waals surface area contributed by atoms with Gasteiger partial charge in [0, 0.05) is 16.4 Å². The number of hydrogen-bond acceptors (Lipinski definition) is 4. The molecular weight excluding hydrogens is 332 g/mol. The summed E-state index contributed by atoms with van der Waals surface area (Å²) in [7, 11) is 0. The number of nitrogens with two attached hydrogens (primary N) is 1. The van der Waals surface area contributed by atoms with Crippen molar-refractivity contribution in [2.45, 2.75) is 0 Å². The molecule has 1 amide bonds. The summed E-state index contributed by atoms with van der Waals surface area (Å²) >= 11 is 9.23. The van der Waals surface area contributed by atoms with Crippen molar-refractivity contribution in [1.82, 2.24) is 4.98 Å². The Bertz CT molecular complexity index is 603. The highest BCUT2D eigenvalue weighted by Gasteiger charge is 2.07. The minimum absolute atomic E-state index is 0.269. The minimum Gasteiger partial charge on any atom is -0.322 e. The lowest BCUT2D eigenvalue weighted by Gasteiger charge is -2.06. The SMILES string of the molecule is NNc1ccc(C(=O)Nc2ccc(Br)c(Cl)c2)cn1. The van der Waals surface area contributed by atoms with Gasteiger partial charge in [0.05, 0.1) is 10.6 Å². The molecule has 2 rings (SSSR count). The van der Waals surface area contributed by atoms with Crippen molar-refractivity contribution >= 4 is 44.9 Å². The minimum atomic E-state index is -0.269. The van der Waals surface area contributed by atoms with Crippen molar-refractivity contribution in [2.75, 3.05) is 10.7 Å². The number of anilines is 2. The van der Waals surface area contributed by atoms with E-state index in [2.05, 4.69) is 31.7 Å². The number of hydrazine groups is 1. The van der Waals surface area contributed by atoms with Crippen LogP contribution < -0.4 is 16.6 Å². The fraction of sp³-hybridized carbons (Fsp3) is 0. The van der Waals surface area contributed by atoms with E-state index in [-0.39, 0.29) is 5.91 Å². The second kappa shape index (κ2) is 6.01. The Labute approximate surface area is 123 Å². The third-order valence-corrected chi connectivity index (χ3v) is 3.58. The number of amides is 1. The highest BCUT2D eigenvalue weighted by atomic mass is 79.9. The summed E-state index contributed by atoms with van der Waals surface area (Å²) in [6.45, 7) is 0. The third kappa shape index (κ3) is 3.44. The first-order chi connectivity index (χ1) is 9.10. The van der Waals surface area contributed by atoms with Gasteiger partial charge in [0.2, 0.25) is 0 Å². The van der Waals surface area contributed by atoms with Crippen LogP contribution in [0.3, 0.4) is 0 Å². The Kier molecular flexibility index (Phi) is 4.36. The van der Waals surface area contributed by atoms with Gasteiger partial charge in [-0.05, 0) is 46.3 Å². The van der Waals surface area contributed by atoms with Crippen molar-refractivity contribution in [3.05, 3.63) is 51.6 Å². The quantitative estimate of drug-likeness (QED) is 0.592. The van der Waals surface area contributed by atoms with Crippen LogP contribution in [0.2, 0.25) is 5.02 Å². The number of nitrogens with one attached hydrogen (secondary N) is 2. The zero-order valence-corrected chi connectivity index (χ0v) is 12.0. The zero-order chi connectivity index (χ0) is 13.8. The van der Waals surface area contributed by atoms with Crippen LogP contribution in [0.25, 0.3) is 0 Å². The molecule has 98 valence electrons. The first-order valence-electron chi connectivity index (χ1n) is 5.29. The van der Waals surface area contributed by atoms with E-state index < -0.39 is 0 Å². The number of carbonyl (C=O) groups is 1. The van der Waals surface area contributed by atoms with Crippen LogP contribution in [0.5, 0.6) is 0 Å². The maximum atomic E-state index is 12.0. The number of hydrogen-bond donors (Lipinski definition) is 3. The van der Waals surface area contributed by atoms with E-state index in [1.54, 1.807) is 30.3 Å². The number of halogens is 2. The van der Waals surface area contributed by atoms with Crippen LogP contribution in [0.4, 0.5) is 11.5 Å². The van der Waals surface area contributed by atoms with Gasteiger partial charge >= 0.3 is 0 Å². The maximum absolute atomic E-state index is 12.0. The van der Waals surface area contributed by atoms with Crippen LogP contribution in [0.15, 0.2) is 41.0 Å². The Balaban J connectivity index is 2.13. The van der Waals surface area contributed by atoms with Gasteiger partial charge in [0.15, 0.2) is 0 Å². The van der Waals surface area contributed by atoms with E-state index in [4.69, 9.17) is 17.4 Å². The molecule has 0 saturated heterocycles. The summed E-state index contributed by atoms with van der Waals surface area (Å²) in [5, 5.41) is 3.25. The molecule has 1 aromatic carbocycles. The number of nitrogen functional groups attached to an aromatic ring is 1. The van der Waals surface area contributed by atoms with Crippen LogP contribution in [-0.4, -0.2) is 10.9 Å². The lowest BCUT2D eigenvalue weighted by Crippen LogP contribution is -2.13. The van der Waals surface area contributed by atoms with E-state index in [0.717, 1.165) is 4.47 Å². The monoisotopic (exact) mass is 340 g/mol. The van der Waals surface area contributed by atoms with Gasteiger partial charge < -0.3 is 10.7 Å². The number of rotatable bonds is 3. The molecule has 0 atom stereocenters. The smallest absolute Gasteiger partial charge is 0.257 e. The van der Waals surface area contributed by atoms with Gasteiger partial charge in [-0.25, -0.2) is 10.8 Å². The van der Waals surface area contributed by atoms with Crippen molar-refractivity contribution in [1.29, 1.82) is 0 Å². The third-order valence-electron chi connectivity index (χ3n) is 2.35. The van der Waals surface area contributed by atoms with Crippen LogP contribution in [-0.2, 0) is 0 Å². The summed E-state index contributed by atoms with van der Waals surface area (Å²) in [4.78, 5) is 15.9. The largest absolute Gasteiger partial charge is 0.322 e. The Hall–Kier alpha value is -1.63. The lowest BCUT2D eigenvalue weighted by molar-refractivity contribution is 0.102. The first kappa shape index (κ1) is 13.8. The summed E-state index contributed by atoms with van der Waals surface area (Å²) in [5.74, 6) is 5.42. The van der Waals surface area contributed by atoms with E-state index in [0.29, 0.717) is 22.1 Å². The molecule has 0 radical (unpaired) electrons. The average Bonchev–Trinajstić information content (AvgIpc) is 2.43. The normalized spacial score (nSPS) is 10.1. The first-order valence-corrected chi connectivity index (χ1v) is 6.46. The van der Waals surface area contributed by atoms with E-state index in [1.807, 2.05) is 0 Å². The molecule has 0 spiro atoms. The molecule has 0 aliphatic rings. The van der Waals surface area contributed by atoms with E-state index in [9.17, 15) is 4.79 Å². The molecule has 0 fully saturated rings. The van der Waals surface area contributed by atoms with Crippen LogP contribution >= 0.6 is 27.5 Å². The summed E-state index contributed by atoms with van der Waals surface area (Å²) in [5.41, 5.74) is 3.43. The summed E-state index contributed by atoms with van der Waals surface area (Å²) in [6, 6.07) is 8.41. The second-order valence-corrected chi connectivity index (χ2v) is 4.92. The molecule has 4 N–H and O–H groups in total. The summed E-state index contributed by atoms with van der Waals surface area (Å²) in [6.07, 6.45) is 1.44. The molecule has 5 nitrogen and oxygen atoms in total. The van der Waals surface area contributed by atoms with Crippen molar-refractivity contribution in [2.24, 2.45) is 5.84 Å². The number of nitrogens with zero attached hydrogens (tertiary/aromatic N) is 1. The van der Waals surface area contributed by atoms with Crippen molar-refractivity contribution in [3.63, 3.8) is 0 Å². The number of pyridine rings is 1. The molecular formula is C12H10BrClN4O. The number of aromatic nitrogens is 1. The maximum Gasteiger partial charge on any atom is 0.257 e. The van der Waals surface area contributed by atoms with Gasteiger partial charge in [-0.2, -0.15) is 0 Å². The predicted molar refractivity (Wildman–Crippen MR) is 79.2 cm³/mol. The number of benzene rings is 1. The molecule has 0 unspecified atom stereocenters. The molecule has 2 aromatic rings. The predicted octanol–water partition coefficient (Wildman–Crippen LogP) is 3.04. The van der Waals surface area contributed by atoms with Crippen LogP contribution in [0, 0.1) is 0 Å². The van der Waals surface area contributed by atoms with Crippen LogP contribution in [0.1, 0.15) is 10.4 Å². The van der Waals surface area contributed by atoms with E-state index >= 15 is 0 Å². The Morgan fingerprint density at radius 3 is 2.68 bits per heavy atom. The van der Waals surface area contributed by atoms with Gasteiger partial charge in [-0.15, -0.1) is 0 Å². The van der Waals surface area contributed by atoms with Gasteiger partial charge in [-0.3, -0.25) is 4.79 Å². The lowest BCUT2D eigenvalue weighted by atomic mass is 10.2. The fourth-order valence-electron chi connectivity index (χ4n) is 1.39. The molecule has 0 bridgehead atoms. The second-order valence-electron chi connectivity index (χ2n) is 3.66. The van der Waals surface area contributed by atoms with Crippen molar-refractivity contribution < 1.29 is 4.79 Å². The molecule has 1 aromatic heterocycles. The Morgan fingerprint density at radius 2 is 2.11 bits per heavy atom. The number of carbonyl (C=O) groups excluding carboxylic acids is 1. The topological polar surface area (TPSA) is 80.0 Å². The van der Waals surface area contributed by atoms with E-state index in [1.165, 1.54) is 6.20 Å². The highest BCUT2D eigenvalue weighted by Crippen LogP contribution is 2.25. The molecule has 0 aliphatic heterocycles. The van der Waals surface area contributed by atoms with Crippen molar-refractivity contribution in [3.8, 4) is 0 Å².